The first-order valence-electron chi connectivity index (χ1n) is 9.42. The minimum Gasteiger partial charge on any atom is -0.798 e. The van der Waals surface area contributed by atoms with Crippen LogP contribution < -0.4 is 24.6 Å². The van der Waals surface area contributed by atoms with Gasteiger partial charge in [0, 0.05) is 71.5 Å². The normalized spacial score (nSPS) is 12.3. The molecule has 154 valence electrons. The van der Waals surface area contributed by atoms with Crippen LogP contribution in [0.2, 0.25) is 0 Å². The van der Waals surface area contributed by atoms with Crippen LogP contribution in [0.5, 0.6) is 0 Å². The molecule has 0 saturated heterocycles. The molecule has 0 saturated carbocycles. The Morgan fingerprint density at radius 1 is 1.00 bits per heavy atom. The molecule has 0 amide bonds. The van der Waals surface area contributed by atoms with Crippen LogP contribution in [0.15, 0.2) is 36.4 Å². The van der Waals surface area contributed by atoms with E-state index in [0.29, 0.717) is 29.0 Å². The van der Waals surface area contributed by atoms with Crippen molar-refractivity contribution < 1.29 is 23.9 Å². The first-order valence-corrected chi connectivity index (χ1v) is 10.7. The van der Waals surface area contributed by atoms with Gasteiger partial charge >= 0.3 is 5.97 Å². The van der Waals surface area contributed by atoms with Crippen molar-refractivity contribution in [3.05, 3.63) is 36.4 Å². The highest BCUT2D eigenvalue weighted by atomic mass is 31.1. The molecule has 0 aliphatic carbocycles. The molecular weight excluding hydrogens is 389 g/mol. The number of carboxylic acid groups (broad SMARTS) is 1. The summed E-state index contributed by atoms with van der Waals surface area (Å²) in [7, 11) is 4.50. The lowest BCUT2D eigenvalue weighted by Crippen LogP contribution is -2.38. The molecule has 1 atom stereocenters. The number of benzene rings is 2. The summed E-state index contributed by atoms with van der Waals surface area (Å²) in [6.45, 7) is 0.479. The molecule has 1 unspecified atom stereocenters. The number of hydrogen-bond acceptors (Lipinski definition) is 5. The Labute approximate surface area is 170 Å². The van der Waals surface area contributed by atoms with E-state index in [1.165, 1.54) is 0 Å². The molecular formula is C21H26N3O4P. The van der Waals surface area contributed by atoms with Gasteiger partial charge in [0.15, 0.2) is 0 Å². The molecule has 3 rings (SSSR count). The second-order valence-corrected chi connectivity index (χ2v) is 8.58. The molecule has 1 heterocycles. The number of carbonyl (C=O) groups is 1. The van der Waals surface area contributed by atoms with Crippen molar-refractivity contribution in [2.24, 2.45) is 0 Å². The van der Waals surface area contributed by atoms with Crippen molar-refractivity contribution in [1.82, 2.24) is 0 Å². The number of aryl methyl sites for hydroxylation is 1. The molecule has 1 N–H and O–H groups in total. The van der Waals surface area contributed by atoms with Crippen molar-refractivity contribution in [1.29, 1.82) is 0 Å². The quantitative estimate of drug-likeness (QED) is 0.359. The highest BCUT2D eigenvalue weighted by molar-refractivity contribution is 7.47. The summed E-state index contributed by atoms with van der Waals surface area (Å²) < 4.78 is 14.3. The third-order valence-corrected chi connectivity index (χ3v) is 6.04. The fourth-order valence-electron chi connectivity index (χ4n) is 3.59. The van der Waals surface area contributed by atoms with Gasteiger partial charge in [-0.15, -0.1) is 0 Å². The van der Waals surface area contributed by atoms with E-state index in [9.17, 15) is 14.3 Å². The van der Waals surface area contributed by atoms with Gasteiger partial charge in [-0.25, -0.2) is 0 Å². The first-order chi connectivity index (χ1) is 13.7. The predicted octanol–water partition coefficient (Wildman–Crippen LogP) is 1.74. The topological polar surface area (TPSA) is 87.8 Å². The van der Waals surface area contributed by atoms with Gasteiger partial charge in [0.2, 0.25) is 11.0 Å². The zero-order valence-corrected chi connectivity index (χ0v) is 18.1. The lowest BCUT2D eigenvalue weighted by atomic mass is 10.1. The van der Waals surface area contributed by atoms with Crippen LogP contribution in [-0.4, -0.2) is 39.3 Å². The number of fused-ring (bicyclic) bond motifs is 2. The zero-order valence-electron chi connectivity index (χ0n) is 17.1. The van der Waals surface area contributed by atoms with Crippen LogP contribution in [0.4, 0.5) is 11.4 Å². The summed E-state index contributed by atoms with van der Waals surface area (Å²) in [5.41, 5.74) is 3.47. The molecule has 1 aromatic heterocycles. The van der Waals surface area contributed by atoms with Gasteiger partial charge in [-0.2, -0.15) is 4.57 Å². The number of aromatic nitrogens is 1. The van der Waals surface area contributed by atoms with Gasteiger partial charge < -0.3 is 24.4 Å². The summed E-state index contributed by atoms with van der Waals surface area (Å²) in [6, 6.07) is 11.4. The largest absolute Gasteiger partial charge is 0.798 e. The van der Waals surface area contributed by atoms with Gasteiger partial charge in [0.1, 0.15) is 6.54 Å². The maximum absolute atomic E-state index is 12.2. The molecule has 0 fully saturated rings. The van der Waals surface area contributed by atoms with Crippen LogP contribution in [-0.2, 0) is 15.9 Å². The predicted molar refractivity (Wildman–Crippen MR) is 116 cm³/mol. The Morgan fingerprint density at radius 2 is 1.48 bits per heavy atom. The van der Waals surface area contributed by atoms with Crippen LogP contribution in [0, 0.1) is 0 Å². The van der Waals surface area contributed by atoms with Gasteiger partial charge in [-0.1, -0.05) is 0 Å². The van der Waals surface area contributed by atoms with Gasteiger partial charge in [0.05, 0.1) is 17.2 Å². The molecule has 0 aliphatic rings. The average molecular weight is 415 g/mol. The van der Waals surface area contributed by atoms with Crippen LogP contribution >= 0.6 is 8.03 Å². The number of anilines is 2. The number of nitrogens with zero attached hydrogens (tertiary/aromatic N) is 3. The minimum atomic E-state index is -3.21. The highest BCUT2D eigenvalue weighted by Crippen LogP contribution is 2.29. The fraction of sp³-hybridized carbons (Fsp3) is 0.333. The van der Waals surface area contributed by atoms with Crippen LogP contribution in [0.25, 0.3) is 21.8 Å². The maximum Gasteiger partial charge on any atom is 0.303 e. The SMILES string of the molecule is CN(C)c1ccc2c([PH](=O)[O-])c3ccc(N(C)C)cc3[n+](CCCC(=O)O)c2c1. The Balaban J connectivity index is 2.41. The Kier molecular flexibility index (Phi) is 6.10. The molecule has 0 radical (unpaired) electrons. The van der Waals surface area contributed by atoms with E-state index in [1.807, 2.05) is 79.0 Å². The van der Waals surface area contributed by atoms with Crippen LogP contribution in [0.3, 0.4) is 0 Å². The van der Waals surface area contributed by atoms with Gasteiger partial charge in [-0.05, 0) is 24.3 Å². The van der Waals surface area contributed by atoms with Gasteiger partial charge in [-0.3, -0.25) is 4.79 Å². The molecule has 29 heavy (non-hydrogen) atoms. The van der Waals surface area contributed by atoms with E-state index < -0.39 is 14.0 Å². The zero-order chi connectivity index (χ0) is 21.3. The van der Waals surface area contributed by atoms with E-state index in [4.69, 9.17) is 5.11 Å². The lowest BCUT2D eigenvalue weighted by molar-refractivity contribution is -0.645. The molecule has 0 spiro atoms. The first kappa shape index (κ1) is 21.1. The van der Waals surface area contributed by atoms with E-state index in [-0.39, 0.29) is 6.42 Å². The van der Waals surface area contributed by atoms with E-state index in [1.54, 1.807) is 0 Å². The van der Waals surface area contributed by atoms with Crippen molar-refractivity contribution in [2.75, 3.05) is 38.0 Å². The third kappa shape index (κ3) is 4.21. The Bertz CT molecular complexity index is 1040. The Morgan fingerprint density at radius 3 is 1.86 bits per heavy atom. The van der Waals surface area contributed by atoms with Gasteiger partial charge in [0.25, 0.3) is 0 Å². The average Bonchev–Trinajstić information content (AvgIpc) is 2.65. The summed E-state index contributed by atoms with van der Waals surface area (Å²) >= 11 is 0. The molecule has 3 aromatic rings. The molecule has 2 aromatic carbocycles. The smallest absolute Gasteiger partial charge is 0.303 e. The maximum atomic E-state index is 12.2. The van der Waals surface area contributed by atoms with Crippen molar-refractivity contribution >= 4 is 52.5 Å². The monoisotopic (exact) mass is 415 g/mol. The summed E-state index contributed by atoms with van der Waals surface area (Å²) in [4.78, 5) is 27.2. The minimum absolute atomic E-state index is 0.0522. The Hall–Kier alpha value is -2.63. The molecule has 0 bridgehead atoms. The van der Waals surface area contributed by atoms with Crippen molar-refractivity contribution in [2.45, 2.75) is 19.4 Å². The van der Waals surface area contributed by atoms with Crippen molar-refractivity contribution in [3.63, 3.8) is 0 Å². The van der Waals surface area contributed by atoms with E-state index >= 15 is 0 Å². The van der Waals surface area contributed by atoms with E-state index in [0.717, 1.165) is 22.4 Å². The van der Waals surface area contributed by atoms with Crippen LogP contribution in [0.1, 0.15) is 12.8 Å². The second-order valence-electron chi connectivity index (χ2n) is 7.50. The number of pyridine rings is 1. The summed E-state index contributed by atoms with van der Waals surface area (Å²) in [6.07, 6.45) is 0.505. The fourth-order valence-corrected chi connectivity index (χ4v) is 4.45. The number of hydrogen-bond donors (Lipinski definition) is 1. The highest BCUT2D eigenvalue weighted by Gasteiger charge is 2.22. The molecule has 0 aliphatic heterocycles. The van der Waals surface area contributed by atoms with E-state index in [2.05, 4.69) is 0 Å². The summed E-state index contributed by atoms with van der Waals surface area (Å²) in [5.74, 6) is -0.844. The standard InChI is InChI=1S/C21H26N3O4P/c1-22(2)14-7-9-16-18(12-14)24(11-5-6-20(25)26)19-13-15(23(3)4)8-10-17(19)21(16)29(27)28/h7-10,12-13,29H,5-6,11H2,1-4H3,(H-,25,26,27,28). The summed E-state index contributed by atoms with van der Waals surface area (Å²) in [5, 5.41) is 10.7. The molecule has 8 heteroatoms. The number of carboxylic acids is 1. The number of rotatable bonds is 7. The lowest BCUT2D eigenvalue weighted by Gasteiger charge is -2.18. The van der Waals surface area contributed by atoms with Crippen molar-refractivity contribution in [3.8, 4) is 0 Å². The number of aliphatic carboxylic acids is 1. The second kappa shape index (κ2) is 8.39. The molecule has 7 nitrogen and oxygen atoms in total. The third-order valence-electron chi connectivity index (χ3n) is 5.09.